The highest BCUT2D eigenvalue weighted by molar-refractivity contribution is 5.98. The predicted octanol–water partition coefficient (Wildman–Crippen LogP) is 6.57. The van der Waals surface area contributed by atoms with Gasteiger partial charge in [-0.2, -0.15) is 5.10 Å². The molecule has 1 aliphatic rings. The topological polar surface area (TPSA) is 69.5 Å². The van der Waals surface area contributed by atoms with E-state index in [-0.39, 0.29) is 11.8 Å². The molecular weight excluding hydrogens is 524 g/mol. The van der Waals surface area contributed by atoms with Crippen LogP contribution in [-0.4, -0.2) is 27.8 Å². The summed E-state index contributed by atoms with van der Waals surface area (Å²) in [5, 5.41) is 4.58. The van der Waals surface area contributed by atoms with Gasteiger partial charge in [0.25, 0.3) is 0 Å². The molecule has 0 spiro atoms. The number of carbonyl (C=O) groups is 1. The molecule has 1 aliphatic carbocycles. The van der Waals surface area contributed by atoms with E-state index in [1.807, 2.05) is 76.6 Å². The highest BCUT2D eigenvalue weighted by Crippen LogP contribution is 2.39. The smallest absolute Gasteiger partial charge is 0.234 e. The van der Waals surface area contributed by atoms with Gasteiger partial charge in [0.2, 0.25) is 11.8 Å². The molecule has 1 unspecified atom stereocenters. The molecule has 0 aliphatic heterocycles. The van der Waals surface area contributed by atoms with Crippen molar-refractivity contribution in [2.45, 2.75) is 44.9 Å². The largest absolute Gasteiger partial charge is 0.489 e. The molecule has 0 N–H and O–H groups in total. The van der Waals surface area contributed by atoms with Gasteiger partial charge in [-0.25, -0.2) is 4.98 Å². The van der Waals surface area contributed by atoms with Gasteiger partial charge >= 0.3 is 0 Å². The summed E-state index contributed by atoms with van der Waals surface area (Å²) < 4.78 is 13.5. The molecule has 7 nitrogen and oxygen atoms in total. The van der Waals surface area contributed by atoms with Crippen molar-refractivity contribution in [2.75, 3.05) is 12.0 Å². The quantitative estimate of drug-likeness (QED) is 0.194. The van der Waals surface area contributed by atoms with E-state index in [1.54, 1.807) is 19.4 Å². The van der Waals surface area contributed by atoms with E-state index in [0.717, 1.165) is 53.0 Å². The lowest BCUT2D eigenvalue weighted by molar-refractivity contribution is -0.120. The number of hydrogen-bond donors (Lipinski definition) is 0. The van der Waals surface area contributed by atoms with Crippen LogP contribution in [0.3, 0.4) is 0 Å². The lowest BCUT2D eigenvalue weighted by atomic mass is 9.81. The van der Waals surface area contributed by atoms with Crippen LogP contribution in [0.25, 0.3) is 0 Å². The summed E-state index contributed by atoms with van der Waals surface area (Å²) in [5.74, 6) is 1.12. The molecule has 2 aromatic heterocycles. The number of anilines is 1. The van der Waals surface area contributed by atoms with Crippen LogP contribution in [-0.2, 0) is 30.9 Å². The Bertz CT molecular complexity index is 1620. The number of amides is 1. The average molecular weight is 559 g/mol. The number of nitrogens with zero attached hydrogens (tertiary/aromatic N) is 4. The molecule has 0 saturated carbocycles. The Kier molecular flexibility index (Phi) is 8.26. The molecule has 6 rings (SSSR count). The van der Waals surface area contributed by atoms with Crippen molar-refractivity contribution in [1.82, 2.24) is 14.8 Å². The minimum absolute atomic E-state index is 0.0407. The Morgan fingerprint density at radius 2 is 1.69 bits per heavy atom. The van der Waals surface area contributed by atoms with Crippen LogP contribution in [0.5, 0.6) is 11.6 Å². The van der Waals surface area contributed by atoms with Gasteiger partial charge in [-0.15, -0.1) is 0 Å². The van der Waals surface area contributed by atoms with Crippen LogP contribution in [0.15, 0.2) is 110 Å². The van der Waals surface area contributed by atoms with Crippen molar-refractivity contribution in [3.8, 4) is 11.6 Å². The van der Waals surface area contributed by atoms with Gasteiger partial charge in [-0.1, -0.05) is 72.8 Å². The summed E-state index contributed by atoms with van der Waals surface area (Å²) >= 11 is 0. The number of hydrogen-bond acceptors (Lipinski definition) is 5. The second-order valence-electron chi connectivity index (χ2n) is 10.6. The van der Waals surface area contributed by atoms with E-state index < -0.39 is 0 Å². The highest BCUT2D eigenvalue weighted by atomic mass is 16.5. The van der Waals surface area contributed by atoms with Crippen molar-refractivity contribution in [1.29, 1.82) is 0 Å². The zero-order valence-electron chi connectivity index (χ0n) is 23.7. The first-order valence-electron chi connectivity index (χ1n) is 14.3. The van der Waals surface area contributed by atoms with Gasteiger partial charge in [0.15, 0.2) is 0 Å². The van der Waals surface area contributed by atoms with E-state index >= 15 is 0 Å². The lowest BCUT2D eigenvalue weighted by Gasteiger charge is -2.31. The third kappa shape index (κ3) is 6.20. The van der Waals surface area contributed by atoms with Gasteiger partial charge in [-0.05, 0) is 53.6 Å². The average Bonchev–Trinajstić information content (AvgIpc) is 3.49. The summed E-state index contributed by atoms with van der Waals surface area (Å²) in [4.78, 5) is 20.6. The molecule has 212 valence electrons. The first-order valence-corrected chi connectivity index (χ1v) is 14.3. The maximum atomic E-state index is 14.4. The van der Waals surface area contributed by atoms with Crippen LogP contribution in [0.4, 0.5) is 5.69 Å². The van der Waals surface area contributed by atoms with E-state index in [1.165, 1.54) is 5.56 Å². The van der Waals surface area contributed by atoms with Gasteiger partial charge in [-0.3, -0.25) is 9.48 Å². The van der Waals surface area contributed by atoms with E-state index in [9.17, 15) is 4.79 Å². The predicted molar refractivity (Wildman–Crippen MR) is 163 cm³/mol. The Morgan fingerprint density at radius 1 is 0.905 bits per heavy atom. The van der Waals surface area contributed by atoms with E-state index in [4.69, 9.17) is 9.47 Å². The zero-order valence-corrected chi connectivity index (χ0v) is 23.7. The van der Waals surface area contributed by atoms with Crippen LogP contribution < -0.4 is 14.4 Å². The number of ether oxygens (including phenoxy) is 2. The fraction of sp³-hybridized carbons (Fsp3) is 0.229. The number of rotatable bonds is 10. The number of aromatic nitrogens is 3. The molecule has 5 aromatic rings. The standard InChI is InChI=1S/C35H34N4O3/c1-41-34-19-18-29(21-36-34)39(24-28-20-37-38(23-28)22-26-10-4-2-5-11-26)35(40)32-16-8-15-31-30(32)14-9-17-33(31)42-25-27-12-6-3-7-13-27/h2-7,9-14,17-21,23,32H,8,15-16,22,24-25H2,1H3. The molecule has 0 saturated heterocycles. The molecule has 0 fully saturated rings. The van der Waals surface area contributed by atoms with Crippen molar-refractivity contribution in [3.05, 3.63) is 137 Å². The van der Waals surface area contributed by atoms with E-state index in [0.29, 0.717) is 25.6 Å². The van der Waals surface area contributed by atoms with Crippen molar-refractivity contribution < 1.29 is 14.3 Å². The second kappa shape index (κ2) is 12.7. The van der Waals surface area contributed by atoms with Gasteiger partial charge < -0.3 is 14.4 Å². The fourth-order valence-corrected chi connectivity index (χ4v) is 5.61. The molecule has 0 radical (unpaired) electrons. The molecule has 1 atom stereocenters. The minimum Gasteiger partial charge on any atom is -0.489 e. The number of methoxy groups -OCH3 is 1. The Labute approximate surface area is 246 Å². The number of pyridine rings is 1. The monoisotopic (exact) mass is 558 g/mol. The van der Waals surface area contributed by atoms with E-state index in [2.05, 4.69) is 40.4 Å². The van der Waals surface area contributed by atoms with Crippen LogP contribution >= 0.6 is 0 Å². The van der Waals surface area contributed by atoms with Crippen molar-refractivity contribution >= 4 is 11.6 Å². The number of benzene rings is 3. The van der Waals surface area contributed by atoms with Crippen molar-refractivity contribution in [3.63, 3.8) is 0 Å². The van der Waals surface area contributed by atoms with Crippen molar-refractivity contribution in [2.24, 2.45) is 0 Å². The molecular formula is C35H34N4O3. The van der Waals surface area contributed by atoms with Crippen LogP contribution in [0.2, 0.25) is 0 Å². The molecule has 3 aromatic carbocycles. The zero-order chi connectivity index (χ0) is 28.7. The maximum Gasteiger partial charge on any atom is 0.234 e. The summed E-state index contributed by atoms with van der Waals surface area (Å²) in [6.07, 6.45) is 8.13. The second-order valence-corrected chi connectivity index (χ2v) is 10.6. The highest BCUT2D eigenvalue weighted by Gasteiger charge is 2.32. The summed E-state index contributed by atoms with van der Waals surface area (Å²) in [6, 6.07) is 30.1. The number of carbonyl (C=O) groups excluding carboxylic acids is 1. The Balaban J connectivity index is 1.27. The van der Waals surface area contributed by atoms with Crippen LogP contribution in [0.1, 0.15) is 46.6 Å². The van der Waals surface area contributed by atoms with Gasteiger partial charge in [0, 0.05) is 17.8 Å². The third-order valence-electron chi connectivity index (χ3n) is 7.72. The minimum atomic E-state index is -0.282. The maximum absolute atomic E-state index is 14.4. The first-order chi connectivity index (χ1) is 20.7. The molecule has 0 bridgehead atoms. The number of fused-ring (bicyclic) bond motifs is 1. The fourth-order valence-electron chi connectivity index (χ4n) is 5.61. The normalized spacial score (nSPS) is 14.2. The molecule has 42 heavy (non-hydrogen) atoms. The van der Waals surface area contributed by atoms with Gasteiger partial charge in [0.05, 0.1) is 44.2 Å². The molecule has 1 amide bonds. The summed E-state index contributed by atoms with van der Waals surface area (Å²) in [7, 11) is 1.59. The molecule has 2 heterocycles. The lowest BCUT2D eigenvalue weighted by Crippen LogP contribution is -2.36. The summed E-state index contributed by atoms with van der Waals surface area (Å²) in [6.45, 7) is 1.55. The SMILES string of the molecule is COc1ccc(N(Cc2cnn(Cc3ccccc3)c2)C(=O)C2CCCc3c(OCc4ccccc4)cccc32)cn1. The first kappa shape index (κ1) is 27.3. The van der Waals surface area contributed by atoms with Crippen LogP contribution in [0, 0.1) is 0 Å². The van der Waals surface area contributed by atoms with Gasteiger partial charge in [0.1, 0.15) is 12.4 Å². The third-order valence-corrected chi connectivity index (χ3v) is 7.72. The Morgan fingerprint density at radius 3 is 2.43 bits per heavy atom. The Hall–Kier alpha value is -4.91. The molecule has 7 heteroatoms. The summed E-state index contributed by atoms with van der Waals surface area (Å²) in [5.41, 5.74) is 6.13.